The third kappa shape index (κ3) is 13.5. The number of hydrogen-bond donors (Lipinski definition) is 4. The molecule has 0 atom stereocenters. The number of nitrogens with zero attached hydrogens (tertiary/aromatic N) is 12. The molecule has 2 saturated carbocycles. The largest absolute Gasteiger partial charge is 0.497 e. The van der Waals surface area contributed by atoms with E-state index in [4.69, 9.17) is 36.3 Å². The summed E-state index contributed by atoms with van der Waals surface area (Å²) >= 11 is 6.23. The molecule has 2 aliphatic rings. The Kier molecular flexibility index (Phi) is 17.1. The predicted molar refractivity (Wildman–Crippen MR) is 288 cm³/mol. The van der Waals surface area contributed by atoms with Crippen molar-refractivity contribution in [3.8, 4) is 11.5 Å². The summed E-state index contributed by atoms with van der Waals surface area (Å²) in [5.41, 5.74) is 11.8. The molecule has 24 nitrogen and oxygen atoms in total. The number of fused-ring (bicyclic) bond motifs is 2. The number of methoxy groups -OCH3 is 2. The van der Waals surface area contributed by atoms with Crippen molar-refractivity contribution in [2.24, 2.45) is 14.1 Å². The molecule has 2 aliphatic carbocycles. The van der Waals surface area contributed by atoms with E-state index in [-0.39, 0.29) is 41.8 Å². The fourth-order valence-corrected chi connectivity index (χ4v) is 8.07. The summed E-state index contributed by atoms with van der Waals surface area (Å²) in [6.07, 6.45) is 10.2. The average molecular weight is 1070 g/mol. The smallest absolute Gasteiger partial charge is 0.361 e. The van der Waals surface area contributed by atoms with Gasteiger partial charge in [-0.15, -0.1) is 5.10 Å². The van der Waals surface area contributed by atoms with Crippen molar-refractivity contribution in [2.75, 3.05) is 62.4 Å². The molecule has 0 bridgehead atoms. The van der Waals surface area contributed by atoms with E-state index in [2.05, 4.69) is 46.3 Å². The summed E-state index contributed by atoms with van der Waals surface area (Å²) in [6.45, 7) is 5.26. The van der Waals surface area contributed by atoms with Crippen molar-refractivity contribution in [3.05, 3.63) is 124 Å². The van der Waals surface area contributed by atoms with Gasteiger partial charge in [-0.1, -0.05) is 35.9 Å². The van der Waals surface area contributed by atoms with Crippen LogP contribution in [0.5, 0.6) is 11.5 Å². The Bertz CT molecular complexity index is 3380. The lowest BCUT2D eigenvalue weighted by molar-refractivity contribution is 0.0513. The van der Waals surface area contributed by atoms with Gasteiger partial charge in [-0.3, -0.25) is 19.0 Å². The van der Waals surface area contributed by atoms with Crippen LogP contribution in [0.2, 0.25) is 5.15 Å². The summed E-state index contributed by atoms with van der Waals surface area (Å²) in [6, 6.07) is 19.7. The number of halogens is 1. The maximum absolute atomic E-state index is 13.0. The zero-order valence-corrected chi connectivity index (χ0v) is 44.7. The lowest BCUT2D eigenvalue weighted by Crippen LogP contribution is -2.27. The highest BCUT2D eigenvalue weighted by Gasteiger charge is 2.28. The highest BCUT2D eigenvalue weighted by molar-refractivity contribution is 6.29. The van der Waals surface area contributed by atoms with Crippen molar-refractivity contribution in [2.45, 2.75) is 64.7 Å². The Hall–Kier alpha value is -8.93. The van der Waals surface area contributed by atoms with Gasteiger partial charge in [0.25, 0.3) is 11.8 Å². The summed E-state index contributed by atoms with van der Waals surface area (Å²) in [5, 5.41) is 26.5. The van der Waals surface area contributed by atoms with E-state index in [1.54, 1.807) is 66.8 Å². The normalized spacial score (nSPS) is 12.6. The monoisotopic (exact) mass is 1070 g/mol. The maximum atomic E-state index is 13.0. The molecule has 77 heavy (non-hydrogen) atoms. The third-order valence-electron chi connectivity index (χ3n) is 12.0. The van der Waals surface area contributed by atoms with Crippen LogP contribution in [0.3, 0.4) is 0 Å². The number of aromatic nitrogens is 10. The summed E-state index contributed by atoms with van der Waals surface area (Å²) in [5.74, 6) is 0.894. The first-order valence-corrected chi connectivity index (χ1v) is 25.1. The van der Waals surface area contributed by atoms with Gasteiger partial charge >= 0.3 is 11.9 Å². The van der Waals surface area contributed by atoms with Crippen LogP contribution in [-0.2, 0) is 36.7 Å². The van der Waals surface area contributed by atoms with Crippen LogP contribution in [0, 0.1) is 0 Å². The molecule has 2 amide bonds. The van der Waals surface area contributed by atoms with Crippen molar-refractivity contribution in [1.29, 1.82) is 0 Å². The van der Waals surface area contributed by atoms with E-state index < -0.39 is 11.9 Å². The molecular weight excluding hydrogens is 1010 g/mol. The Labute approximate surface area is 448 Å². The Morgan fingerprint density at radius 1 is 0.675 bits per heavy atom. The van der Waals surface area contributed by atoms with Gasteiger partial charge in [0.15, 0.2) is 45.2 Å². The van der Waals surface area contributed by atoms with Crippen LogP contribution in [0.15, 0.2) is 85.5 Å². The van der Waals surface area contributed by atoms with Crippen LogP contribution >= 0.6 is 11.6 Å². The summed E-state index contributed by atoms with van der Waals surface area (Å²) in [4.78, 5) is 62.0. The van der Waals surface area contributed by atoms with E-state index in [1.807, 2.05) is 78.5 Å². The second kappa shape index (κ2) is 24.2. The van der Waals surface area contributed by atoms with Gasteiger partial charge in [-0.25, -0.2) is 28.6 Å². The van der Waals surface area contributed by atoms with E-state index in [0.29, 0.717) is 64.9 Å². The number of anilines is 5. The molecule has 5 N–H and O–H groups in total. The van der Waals surface area contributed by atoms with Gasteiger partial charge in [-0.05, 0) is 74.9 Å². The number of rotatable bonds is 18. The second-order valence-electron chi connectivity index (χ2n) is 18.2. The number of carbonyl (C=O) groups is 4. The molecule has 10 rings (SSSR count). The fraction of sp³-hybridized carbons (Fsp3) is 0.346. The Morgan fingerprint density at radius 2 is 1.16 bits per heavy atom. The molecule has 0 unspecified atom stereocenters. The lowest BCUT2D eigenvalue weighted by Gasteiger charge is -2.21. The number of benzene rings is 2. The molecule has 0 aliphatic heterocycles. The van der Waals surface area contributed by atoms with Gasteiger partial charge in [0, 0.05) is 77.9 Å². The van der Waals surface area contributed by atoms with Gasteiger partial charge in [0.1, 0.15) is 17.1 Å². The molecule has 6 aromatic heterocycles. The van der Waals surface area contributed by atoms with E-state index in [9.17, 15) is 19.2 Å². The fourth-order valence-electron chi connectivity index (χ4n) is 7.89. The molecule has 0 saturated heterocycles. The molecule has 25 heteroatoms. The standard InChI is InChI=1S/C26H30N8O4.C19H20ClN5O2.C7H11N3O2/c1-5-38-26(36)19-15-33(3)31-23(19)29-22-12-20(32(2)14-16-6-10-18(37-4)11-7-16)24-27-13-21(34(24)30-22)25(35)28-17-8-9-17;1-24(11-12-3-7-14(27-2)8-4-12)15-9-17(20)23-25-16(10-21-18(15)25)19(26)22-13-5-6-13;1-3-12-7(11)6-5(8)4-10(2)9-6/h6-7,10-13,15,17H,5,8-9,14H2,1-4H3,(H,28,35)(H,29,30,31);3-4,7-10,13H,5-6,11H2,1-2H3,(H,22,26);4H,3,8H2,1-2H3. The van der Waals surface area contributed by atoms with Crippen LogP contribution < -0.4 is 41.0 Å². The number of nitrogens with one attached hydrogen (secondary N) is 3. The SMILES string of the molecule is CCOC(=O)c1cn(C)nc1Nc1cc(N(C)Cc2ccc(OC)cc2)c2ncc(C(=O)NC3CC3)n2n1.CCOC(=O)c1nn(C)cc1N.COc1ccc(CN(C)c2cc(Cl)nn3c(C(=O)NC4CC4)cnc23)cc1. The molecule has 0 radical (unpaired) electrons. The highest BCUT2D eigenvalue weighted by atomic mass is 35.5. The quantitative estimate of drug-likeness (QED) is 0.0716. The maximum Gasteiger partial charge on any atom is 0.361 e. The van der Waals surface area contributed by atoms with Crippen LogP contribution in [0.1, 0.15) is 92.5 Å². The molecule has 2 aromatic carbocycles. The Morgan fingerprint density at radius 3 is 1.62 bits per heavy atom. The number of esters is 2. The molecular formula is C52H61ClN16O8. The van der Waals surface area contributed by atoms with Crippen molar-refractivity contribution in [3.63, 3.8) is 0 Å². The highest BCUT2D eigenvalue weighted by Crippen LogP contribution is 2.30. The summed E-state index contributed by atoms with van der Waals surface area (Å²) < 4.78 is 26.4. The van der Waals surface area contributed by atoms with E-state index in [1.165, 1.54) is 24.6 Å². The second-order valence-corrected chi connectivity index (χ2v) is 18.6. The first-order chi connectivity index (χ1) is 37.0. The van der Waals surface area contributed by atoms with Gasteiger partial charge in [0.05, 0.1) is 56.9 Å². The average Bonchev–Trinajstić information content (AvgIpc) is 4.23. The first kappa shape index (κ1) is 54.3. The number of nitrogen functional groups attached to an aromatic ring is 1. The minimum atomic E-state index is -0.492. The number of hydrogen-bond acceptors (Lipinski definition) is 18. The number of nitrogens with two attached hydrogens (primary N) is 1. The number of carbonyl (C=O) groups excluding carboxylic acids is 4. The predicted octanol–water partition coefficient (Wildman–Crippen LogP) is 6.02. The lowest BCUT2D eigenvalue weighted by atomic mass is 10.2. The van der Waals surface area contributed by atoms with Crippen LogP contribution in [0.25, 0.3) is 11.3 Å². The first-order valence-electron chi connectivity index (χ1n) is 24.7. The Balaban J connectivity index is 0.000000174. The summed E-state index contributed by atoms with van der Waals surface area (Å²) in [7, 11) is 10.6. The molecule has 6 heterocycles. The number of imidazole rings is 2. The number of ether oxygens (including phenoxy) is 4. The van der Waals surface area contributed by atoms with Crippen molar-refractivity contribution < 1.29 is 38.1 Å². The van der Waals surface area contributed by atoms with Gasteiger partial charge in [0.2, 0.25) is 0 Å². The van der Waals surface area contributed by atoms with E-state index >= 15 is 0 Å². The van der Waals surface area contributed by atoms with Gasteiger partial charge in [-0.2, -0.15) is 15.3 Å². The zero-order valence-electron chi connectivity index (χ0n) is 44.0. The molecule has 2 fully saturated rings. The number of aryl methyl sites for hydroxylation is 2. The van der Waals surface area contributed by atoms with Crippen LogP contribution in [0.4, 0.5) is 28.7 Å². The minimum Gasteiger partial charge on any atom is -0.497 e. The van der Waals surface area contributed by atoms with E-state index in [0.717, 1.165) is 59.7 Å². The van der Waals surface area contributed by atoms with Crippen molar-refractivity contribution in [1.82, 2.24) is 59.4 Å². The zero-order chi connectivity index (χ0) is 54.9. The molecule has 404 valence electrons. The molecule has 8 aromatic rings. The van der Waals surface area contributed by atoms with Gasteiger partial charge < -0.3 is 50.4 Å². The van der Waals surface area contributed by atoms with Crippen LogP contribution in [-0.4, -0.2) is 126 Å². The third-order valence-corrected chi connectivity index (χ3v) is 12.2. The minimum absolute atomic E-state index is 0.177. The molecule has 0 spiro atoms. The number of amides is 2. The van der Waals surface area contributed by atoms with Crippen molar-refractivity contribution >= 4 is 75.3 Å². The topological polar surface area (TPSA) is 270 Å².